The Kier molecular flexibility index (Phi) is 5.14. The summed E-state index contributed by atoms with van der Waals surface area (Å²) in [5.74, 6) is 1.15. The molecule has 5 heteroatoms. The van der Waals surface area contributed by atoms with E-state index in [0.29, 0.717) is 19.1 Å². The van der Waals surface area contributed by atoms with Crippen LogP contribution in [0.1, 0.15) is 31.3 Å². The molecule has 0 aliphatic carbocycles. The summed E-state index contributed by atoms with van der Waals surface area (Å²) in [5.41, 5.74) is 7.41. The first-order chi connectivity index (χ1) is 7.69. The third-order valence-corrected chi connectivity index (χ3v) is 2.22. The van der Waals surface area contributed by atoms with Crippen molar-refractivity contribution in [1.29, 1.82) is 0 Å². The maximum absolute atomic E-state index is 5.66. The van der Waals surface area contributed by atoms with E-state index in [1.165, 1.54) is 0 Å². The molecule has 0 atom stereocenters. The van der Waals surface area contributed by atoms with Gasteiger partial charge in [-0.1, -0.05) is 13.8 Å². The Balaban J connectivity index is 2.76. The molecule has 3 N–H and O–H groups in total. The van der Waals surface area contributed by atoms with Gasteiger partial charge in [0, 0.05) is 26.1 Å². The first-order valence-electron chi connectivity index (χ1n) is 5.47. The van der Waals surface area contributed by atoms with Crippen LogP contribution in [0.15, 0.2) is 6.20 Å². The zero-order valence-electron chi connectivity index (χ0n) is 10.2. The van der Waals surface area contributed by atoms with Gasteiger partial charge >= 0.3 is 0 Å². The summed E-state index contributed by atoms with van der Waals surface area (Å²) in [6.07, 6.45) is 1.79. The SMILES string of the molecule is COCCNc1cnc(C(C)C)nc1CN. The molecule has 0 fully saturated rings. The quantitative estimate of drug-likeness (QED) is 0.708. The number of hydrogen-bond acceptors (Lipinski definition) is 5. The second kappa shape index (κ2) is 6.40. The molecular formula is C11H20N4O. The van der Waals surface area contributed by atoms with Crippen molar-refractivity contribution < 1.29 is 4.74 Å². The van der Waals surface area contributed by atoms with Crippen LogP contribution >= 0.6 is 0 Å². The van der Waals surface area contributed by atoms with Crippen molar-refractivity contribution in [2.45, 2.75) is 26.3 Å². The Morgan fingerprint density at radius 1 is 1.50 bits per heavy atom. The molecule has 1 aromatic rings. The van der Waals surface area contributed by atoms with Gasteiger partial charge in [0.15, 0.2) is 0 Å². The predicted octanol–water partition coefficient (Wildman–Crippen LogP) is 1.12. The smallest absolute Gasteiger partial charge is 0.131 e. The van der Waals surface area contributed by atoms with Gasteiger partial charge in [-0.25, -0.2) is 9.97 Å². The molecular weight excluding hydrogens is 204 g/mol. The predicted molar refractivity (Wildman–Crippen MR) is 64.4 cm³/mol. The lowest BCUT2D eigenvalue weighted by atomic mass is 10.2. The molecule has 1 rings (SSSR count). The van der Waals surface area contributed by atoms with Crippen molar-refractivity contribution in [2.24, 2.45) is 5.73 Å². The molecule has 1 aromatic heterocycles. The van der Waals surface area contributed by atoms with E-state index in [1.807, 2.05) is 0 Å². The fourth-order valence-electron chi connectivity index (χ4n) is 1.30. The van der Waals surface area contributed by atoms with Crippen molar-refractivity contribution in [2.75, 3.05) is 25.6 Å². The van der Waals surface area contributed by atoms with Crippen molar-refractivity contribution in [1.82, 2.24) is 9.97 Å². The average Bonchev–Trinajstić information content (AvgIpc) is 2.29. The Labute approximate surface area is 96.4 Å². The lowest BCUT2D eigenvalue weighted by Crippen LogP contribution is -2.14. The van der Waals surface area contributed by atoms with E-state index >= 15 is 0 Å². The molecule has 0 spiro atoms. The topological polar surface area (TPSA) is 73.1 Å². The number of nitrogens with zero attached hydrogens (tertiary/aromatic N) is 2. The van der Waals surface area contributed by atoms with E-state index in [-0.39, 0.29) is 0 Å². The number of nitrogens with one attached hydrogen (secondary N) is 1. The summed E-state index contributed by atoms with van der Waals surface area (Å²) in [7, 11) is 1.67. The van der Waals surface area contributed by atoms with E-state index < -0.39 is 0 Å². The minimum absolute atomic E-state index is 0.318. The number of hydrogen-bond donors (Lipinski definition) is 2. The normalized spacial score (nSPS) is 10.8. The molecule has 0 amide bonds. The molecule has 16 heavy (non-hydrogen) atoms. The largest absolute Gasteiger partial charge is 0.383 e. The number of rotatable bonds is 6. The molecule has 0 radical (unpaired) electrons. The van der Waals surface area contributed by atoms with Crippen LogP contribution in [-0.2, 0) is 11.3 Å². The van der Waals surface area contributed by atoms with Gasteiger partial charge in [0.2, 0.25) is 0 Å². The monoisotopic (exact) mass is 224 g/mol. The van der Waals surface area contributed by atoms with Crippen LogP contribution in [0.4, 0.5) is 5.69 Å². The highest BCUT2D eigenvalue weighted by molar-refractivity contribution is 5.45. The van der Waals surface area contributed by atoms with Gasteiger partial charge in [-0.15, -0.1) is 0 Å². The van der Waals surface area contributed by atoms with Gasteiger partial charge in [0.1, 0.15) is 5.82 Å². The number of nitrogens with two attached hydrogens (primary N) is 1. The van der Waals surface area contributed by atoms with Crippen molar-refractivity contribution in [3.8, 4) is 0 Å². The van der Waals surface area contributed by atoms with Crippen LogP contribution < -0.4 is 11.1 Å². The number of methoxy groups -OCH3 is 1. The molecule has 0 aliphatic rings. The zero-order chi connectivity index (χ0) is 12.0. The van der Waals surface area contributed by atoms with Crippen LogP contribution in [0, 0.1) is 0 Å². The minimum atomic E-state index is 0.318. The van der Waals surface area contributed by atoms with E-state index in [2.05, 4.69) is 29.1 Å². The van der Waals surface area contributed by atoms with Gasteiger partial charge in [0.25, 0.3) is 0 Å². The van der Waals surface area contributed by atoms with Gasteiger partial charge < -0.3 is 15.8 Å². The van der Waals surface area contributed by atoms with Gasteiger partial charge in [-0.3, -0.25) is 0 Å². The highest BCUT2D eigenvalue weighted by Crippen LogP contribution is 2.15. The molecule has 0 aliphatic heterocycles. The van der Waals surface area contributed by atoms with E-state index in [9.17, 15) is 0 Å². The number of aromatic nitrogens is 2. The van der Waals surface area contributed by atoms with Crippen molar-refractivity contribution in [3.63, 3.8) is 0 Å². The molecule has 0 saturated heterocycles. The molecule has 0 aromatic carbocycles. The number of ether oxygens (including phenoxy) is 1. The summed E-state index contributed by atoms with van der Waals surface area (Å²) in [4.78, 5) is 8.73. The van der Waals surface area contributed by atoms with Crippen LogP contribution in [-0.4, -0.2) is 30.2 Å². The first kappa shape index (κ1) is 12.9. The fourth-order valence-corrected chi connectivity index (χ4v) is 1.30. The lowest BCUT2D eigenvalue weighted by Gasteiger charge is -2.11. The maximum atomic E-state index is 5.66. The Morgan fingerprint density at radius 3 is 2.81 bits per heavy atom. The van der Waals surface area contributed by atoms with E-state index in [1.54, 1.807) is 13.3 Å². The molecule has 0 saturated carbocycles. The molecule has 1 heterocycles. The summed E-state index contributed by atoms with van der Waals surface area (Å²) in [5, 5.41) is 3.20. The summed E-state index contributed by atoms with van der Waals surface area (Å²) in [6.45, 7) is 5.92. The molecule has 90 valence electrons. The van der Waals surface area contributed by atoms with Gasteiger partial charge in [-0.05, 0) is 0 Å². The van der Waals surface area contributed by atoms with Gasteiger partial charge in [-0.2, -0.15) is 0 Å². The highest BCUT2D eigenvalue weighted by atomic mass is 16.5. The number of anilines is 1. The van der Waals surface area contributed by atoms with Crippen molar-refractivity contribution >= 4 is 5.69 Å². The van der Waals surface area contributed by atoms with E-state index in [0.717, 1.165) is 23.8 Å². The average molecular weight is 224 g/mol. The standard InChI is InChI=1S/C11H20N4O/c1-8(2)11-14-7-10(9(6-12)15-11)13-4-5-16-3/h7-8,13H,4-6,12H2,1-3H3. The molecule has 0 unspecified atom stereocenters. The minimum Gasteiger partial charge on any atom is -0.383 e. The third-order valence-electron chi connectivity index (χ3n) is 2.22. The zero-order valence-corrected chi connectivity index (χ0v) is 10.2. The summed E-state index contributed by atoms with van der Waals surface area (Å²) < 4.78 is 4.96. The van der Waals surface area contributed by atoms with Gasteiger partial charge in [0.05, 0.1) is 24.2 Å². The third kappa shape index (κ3) is 3.43. The summed E-state index contributed by atoms with van der Waals surface area (Å²) in [6, 6.07) is 0. The van der Waals surface area contributed by atoms with Crippen LogP contribution in [0.25, 0.3) is 0 Å². The van der Waals surface area contributed by atoms with Crippen LogP contribution in [0.5, 0.6) is 0 Å². The maximum Gasteiger partial charge on any atom is 0.131 e. The Morgan fingerprint density at radius 2 is 2.25 bits per heavy atom. The van der Waals surface area contributed by atoms with Crippen LogP contribution in [0.2, 0.25) is 0 Å². The molecule has 0 bridgehead atoms. The Hall–Kier alpha value is -1.20. The fraction of sp³-hybridized carbons (Fsp3) is 0.636. The van der Waals surface area contributed by atoms with Crippen molar-refractivity contribution in [3.05, 3.63) is 17.7 Å². The highest BCUT2D eigenvalue weighted by Gasteiger charge is 2.07. The summed E-state index contributed by atoms with van der Waals surface area (Å²) >= 11 is 0. The molecule has 5 nitrogen and oxygen atoms in total. The first-order valence-corrected chi connectivity index (χ1v) is 5.47. The van der Waals surface area contributed by atoms with E-state index in [4.69, 9.17) is 10.5 Å². The van der Waals surface area contributed by atoms with Crippen LogP contribution in [0.3, 0.4) is 0 Å². The lowest BCUT2D eigenvalue weighted by molar-refractivity contribution is 0.210. The Bertz CT molecular complexity index is 328. The second-order valence-corrected chi connectivity index (χ2v) is 3.87. The second-order valence-electron chi connectivity index (χ2n) is 3.87.